The van der Waals surface area contributed by atoms with Crippen LogP contribution in [-0.2, 0) is 6.54 Å². The highest BCUT2D eigenvalue weighted by molar-refractivity contribution is 5.94. The molecule has 2 aromatic rings. The first kappa shape index (κ1) is 18.2. The Bertz CT molecular complexity index is 891. The Labute approximate surface area is 170 Å². The van der Waals surface area contributed by atoms with Gasteiger partial charge in [0.25, 0.3) is 5.91 Å². The standard InChI is InChI=1S/C22H25N3O4/c26-22(18-5-6-23-21(12-18)27-14-16-1-2-16)25-9-7-24(8-10-25)13-17-3-4-19-20(11-17)29-15-28-19/h3-6,11-12,16H,1-2,7-10,13-15H2. The molecule has 0 N–H and O–H groups in total. The number of ether oxygens (including phenoxy) is 3. The zero-order valence-electron chi connectivity index (χ0n) is 16.4. The molecule has 1 amide bonds. The summed E-state index contributed by atoms with van der Waals surface area (Å²) in [7, 11) is 0. The molecular weight excluding hydrogens is 370 g/mol. The van der Waals surface area contributed by atoms with Crippen LogP contribution in [0.4, 0.5) is 0 Å². The topological polar surface area (TPSA) is 64.1 Å². The van der Waals surface area contributed by atoms with Gasteiger partial charge in [0, 0.05) is 50.6 Å². The number of carbonyl (C=O) groups excluding carboxylic acids is 1. The zero-order chi connectivity index (χ0) is 19.6. The highest BCUT2D eigenvalue weighted by Gasteiger charge is 2.24. The van der Waals surface area contributed by atoms with Crippen molar-refractivity contribution in [3.8, 4) is 17.4 Å². The Morgan fingerprint density at radius 3 is 2.72 bits per heavy atom. The summed E-state index contributed by atoms with van der Waals surface area (Å²) >= 11 is 0. The van der Waals surface area contributed by atoms with Gasteiger partial charge in [-0.05, 0) is 42.5 Å². The van der Waals surface area contributed by atoms with Gasteiger partial charge in [-0.2, -0.15) is 0 Å². The van der Waals surface area contributed by atoms with Crippen molar-refractivity contribution >= 4 is 5.91 Å². The molecule has 1 saturated carbocycles. The number of piperazine rings is 1. The highest BCUT2D eigenvalue weighted by atomic mass is 16.7. The van der Waals surface area contributed by atoms with Gasteiger partial charge in [0.15, 0.2) is 11.5 Å². The van der Waals surface area contributed by atoms with E-state index in [-0.39, 0.29) is 5.91 Å². The van der Waals surface area contributed by atoms with E-state index in [9.17, 15) is 4.79 Å². The quantitative estimate of drug-likeness (QED) is 0.749. The van der Waals surface area contributed by atoms with Gasteiger partial charge in [-0.1, -0.05) is 6.07 Å². The number of fused-ring (bicyclic) bond motifs is 1. The van der Waals surface area contributed by atoms with Crippen molar-refractivity contribution in [1.29, 1.82) is 0 Å². The van der Waals surface area contributed by atoms with Crippen LogP contribution in [0.15, 0.2) is 36.5 Å². The number of carbonyl (C=O) groups is 1. The molecule has 1 aliphatic carbocycles. The molecule has 1 aromatic heterocycles. The Morgan fingerprint density at radius 1 is 1.07 bits per heavy atom. The summed E-state index contributed by atoms with van der Waals surface area (Å²) in [4.78, 5) is 21.4. The monoisotopic (exact) mass is 395 g/mol. The van der Waals surface area contributed by atoms with E-state index in [1.165, 1.54) is 18.4 Å². The van der Waals surface area contributed by atoms with Crippen LogP contribution in [0.2, 0.25) is 0 Å². The summed E-state index contributed by atoms with van der Waals surface area (Å²) in [5, 5.41) is 0. The molecule has 29 heavy (non-hydrogen) atoms. The summed E-state index contributed by atoms with van der Waals surface area (Å²) in [6.45, 7) is 4.94. The summed E-state index contributed by atoms with van der Waals surface area (Å²) < 4.78 is 16.5. The van der Waals surface area contributed by atoms with E-state index in [0.717, 1.165) is 31.1 Å². The maximum absolute atomic E-state index is 12.9. The first-order chi connectivity index (χ1) is 14.2. The number of hydrogen-bond donors (Lipinski definition) is 0. The Kier molecular flexibility index (Phi) is 4.97. The van der Waals surface area contributed by atoms with Gasteiger partial charge in [0.1, 0.15) is 0 Å². The zero-order valence-corrected chi connectivity index (χ0v) is 16.4. The molecule has 5 rings (SSSR count). The minimum atomic E-state index is 0.0476. The van der Waals surface area contributed by atoms with Crippen LogP contribution < -0.4 is 14.2 Å². The van der Waals surface area contributed by atoms with Gasteiger partial charge < -0.3 is 19.1 Å². The fourth-order valence-corrected chi connectivity index (χ4v) is 3.70. The molecule has 7 heteroatoms. The van der Waals surface area contributed by atoms with Crippen molar-refractivity contribution in [2.45, 2.75) is 19.4 Å². The number of pyridine rings is 1. The smallest absolute Gasteiger partial charge is 0.254 e. The lowest BCUT2D eigenvalue weighted by molar-refractivity contribution is 0.0627. The van der Waals surface area contributed by atoms with Gasteiger partial charge >= 0.3 is 0 Å². The van der Waals surface area contributed by atoms with Gasteiger partial charge in [0.05, 0.1) is 6.61 Å². The van der Waals surface area contributed by atoms with Gasteiger partial charge in [-0.25, -0.2) is 4.98 Å². The SMILES string of the molecule is O=C(c1ccnc(OCC2CC2)c1)N1CCN(Cc2ccc3c(c2)OCO3)CC1. The first-order valence-corrected chi connectivity index (χ1v) is 10.2. The third kappa shape index (κ3) is 4.29. The first-order valence-electron chi connectivity index (χ1n) is 10.2. The van der Waals surface area contributed by atoms with E-state index < -0.39 is 0 Å². The summed E-state index contributed by atoms with van der Waals surface area (Å²) in [6, 6.07) is 9.62. The molecule has 7 nitrogen and oxygen atoms in total. The van der Waals surface area contributed by atoms with Crippen LogP contribution in [-0.4, -0.2) is 60.3 Å². The van der Waals surface area contributed by atoms with Crippen LogP contribution in [0.3, 0.4) is 0 Å². The Hall–Kier alpha value is -2.80. The molecule has 3 aliphatic rings. The van der Waals surface area contributed by atoms with Crippen LogP contribution in [0.25, 0.3) is 0 Å². The largest absolute Gasteiger partial charge is 0.477 e. The van der Waals surface area contributed by atoms with E-state index >= 15 is 0 Å². The normalized spacial score (nSPS) is 18.7. The van der Waals surface area contributed by atoms with Crippen molar-refractivity contribution in [3.05, 3.63) is 47.7 Å². The van der Waals surface area contributed by atoms with E-state index in [1.807, 2.05) is 17.0 Å². The molecule has 1 saturated heterocycles. The fourth-order valence-electron chi connectivity index (χ4n) is 3.70. The summed E-state index contributed by atoms with van der Waals surface area (Å²) in [6.07, 6.45) is 4.12. The second-order valence-electron chi connectivity index (χ2n) is 7.89. The van der Waals surface area contributed by atoms with Crippen LogP contribution >= 0.6 is 0 Å². The van der Waals surface area contributed by atoms with Crippen molar-refractivity contribution in [1.82, 2.24) is 14.8 Å². The van der Waals surface area contributed by atoms with Gasteiger partial charge in [-0.15, -0.1) is 0 Å². The lowest BCUT2D eigenvalue weighted by Crippen LogP contribution is -2.48. The minimum absolute atomic E-state index is 0.0476. The number of aromatic nitrogens is 1. The van der Waals surface area contributed by atoms with Crippen LogP contribution in [0, 0.1) is 5.92 Å². The molecule has 0 unspecified atom stereocenters. The number of hydrogen-bond acceptors (Lipinski definition) is 6. The second-order valence-corrected chi connectivity index (χ2v) is 7.89. The van der Waals surface area contributed by atoms with Crippen LogP contribution in [0.5, 0.6) is 17.4 Å². The molecule has 152 valence electrons. The molecule has 0 bridgehead atoms. The molecule has 2 aliphatic heterocycles. The molecule has 3 heterocycles. The maximum Gasteiger partial charge on any atom is 0.254 e. The molecule has 1 aromatic carbocycles. The van der Waals surface area contributed by atoms with E-state index in [2.05, 4.69) is 16.0 Å². The number of amides is 1. The van der Waals surface area contributed by atoms with E-state index in [4.69, 9.17) is 14.2 Å². The predicted molar refractivity (Wildman–Crippen MR) is 106 cm³/mol. The molecule has 0 spiro atoms. The minimum Gasteiger partial charge on any atom is -0.477 e. The lowest BCUT2D eigenvalue weighted by Gasteiger charge is -2.34. The maximum atomic E-state index is 12.9. The van der Waals surface area contributed by atoms with Crippen molar-refractivity contribution < 1.29 is 19.0 Å². The summed E-state index contributed by atoms with van der Waals surface area (Å²) in [5.41, 5.74) is 1.84. The number of rotatable bonds is 6. The van der Waals surface area contributed by atoms with E-state index in [1.54, 1.807) is 18.3 Å². The fraction of sp³-hybridized carbons (Fsp3) is 0.455. The molecule has 2 fully saturated rings. The number of benzene rings is 1. The highest BCUT2D eigenvalue weighted by Crippen LogP contribution is 2.33. The van der Waals surface area contributed by atoms with E-state index in [0.29, 0.717) is 43.9 Å². The van der Waals surface area contributed by atoms with Crippen LogP contribution in [0.1, 0.15) is 28.8 Å². The molecular formula is C22H25N3O4. The van der Waals surface area contributed by atoms with Gasteiger partial charge in [0.2, 0.25) is 12.7 Å². The summed E-state index contributed by atoms with van der Waals surface area (Å²) in [5.74, 6) is 2.88. The average Bonchev–Trinajstić information content (AvgIpc) is 3.48. The van der Waals surface area contributed by atoms with Crippen molar-refractivity contribution in [2.24, 2.45) is 5.92 Å². The molecule has 0 radical (unpaired) electrons. The number of nitrogens with zero attached hydrogens (tertiary/aromatic N) is 3. The average molecular weight is 395 g/mol. The third-order valence-electron chi connectivity index (χ3n) is 5.65. The molecule has 0 atom stereocenters. The lowest BCUT2D eigenvalue weighted by atomic mass is 10.1. The second kappa shape index (κ2) is 7.91. The predicted octanol–water partition coefficient (Wildman–Crippen LogP) is 2.56. The van der Waals surface area contributed by atoms with Crippen molar-refractivity contribution in [2.75, 3.05) is 39.6 Å². The Morgan fingerprint density at radius 2 is 1.90 bits per heavy atom. The van der Waals surface area contributed by atoms with Crippen molar-refractivity contribution in [3.63, 3.8) is 0 Å². The van der Waals surface area contributed by atoms with Gasteiger partial charge in [-0.3, -0.25) is 9.69 Å². The Balaban J connectivity index is 1.15. The third-order valence-corrected chi connectivity index (χ3v) is 5.65.